The van der Waals surface area contributed by atoms with Crippen LogP contribution in [0, 0.1) is 0 Å². The molecule has 2 N–H and O–H groups in total. The Balaban J connectivity index is 2.05. The minimum atomic E-state index is -3.46. The normalized spacial score (nSPS) is 34.0. The van der Waals surface area contributed by atoms with E-state index in [9.17, 15) is 13.5 Å². The Kier molecular flexibility index (Phi) is 4.52. The maximum absolute atomic E-state index is 12.5. The molecule has 0 aliphatic carbocycles. The summed E-state index contributed by atoms with van der Waals surface area (Å²) in [7, 11) is -1.90. The highest BCUT2D eigenvalue weighted by Crippen LogP contribution is 2.24. The summed E-state index contributed by atoms with van der Waals surface area (Å²) in [5, 5.41) is 13.4. The van der Waals surface area contributed by atoms with Gasteiger partial charge in [-0.05, 0) is 32.7 Å². The smallest absolute Gasteiger partial charge is 0.282 e. The van der Waals surface area contributed by atoms with Crippen molar-refractivity contribution in [2.24, 2.45) is 0 Å². The summed E-state index contributed by atoms with van der Waals surface area (Å²) >= 11 is 0. The molecule has 2 fully saturated rings. The molecule has 0 aromatic carbocycles. The quantitative estimate of drug-likeness (QED) is 0.750. The first kappa shape index (κ1) is 15.2. The molecular weight excluding hydrogens is 266 g/mol. The molecule has 2 atom stereocenters. The van der Waals surface area contributed by atoms with Crippen molar-refractivity contribution in [1.29, 1.82) is 0 Å². The van der Waals surface area contributed by atoms with Gasteiger partial charge in [-0.3, -0.25) is 0 Å². The van der Waals surface area contributed by atoms with Crippen molar-refractivity contribution in [3.05, 3.63) is 0 Å². The predicted molar refractivity (Wildman–Crippen MR) is 74.0 cm³/mol. The Bertz CT molecular complexity index is 406. The van der Waals surface area contributed by atoms with E-state index in [1.54, 1.807) is 11.4 Å². The molecule has 2 aliphatic heterocycles. The van der Waals surface area contributed by atoms with Gasteiger partial charge in [-0.1, -0.05) is 6.42 Å². The van der Waals surface area contributed by atoms with Gasteiger partial charge in [-0.25, -0.2) is 0 Å². The Morgan fingerprint density at radius 2 is 2.21 bits per heavy atom. The van der Waals surface area contributed by atoms with Gasteiger partial charge >= 0.3 is 0 Å². The fourth-order valence-corrected chi connectivity index (χ4v) is 4.64. The Morgan fingerprint density at radius 1 is 1.47 bits per heavy atom. The number of nitrogens with zero attached hydrogens (tertiary/aromatic N) is 2. The van der Waals surface area contributed by atoms with Gasteiger partial charge < -0.3 is 10.4 Å². The van der Waals surface area contributed by atoms with Crippen molar-refractivity contribution in [2.45, 2.75) is 44.2 Å². The summed E-state index contributed by atoms with van der Waals surface area (Å²) in [6.45, 7) is 3.90. The number of hydrogen-bond donors (Lipinski definition) is 2. The van der Waals surface area contributed by atoms with Gasteiger partial charge in [-0.15, -0.1) is 0 Å². The van der Waals surface area contributed by atoms with Crippen molar-refractivity contribution in [3.63, 3.8) is 0 Å². The van der Waals surface area contributed by atoms with E-state index in [1.165, 1.54) is 4.31 Å². The van der Waals surface area contributed by atoms with E-state index in [4.69, 9.17) is 0 Å². The number of likely N-dealkylation sites (N-methyl/N-ethyl adjacent to an activating group) is 1. The second-order valence-electron chi connectivity index (χ2n) is 5.87. The molecule has 0 saturated carbocycles. The molecule has 2 unspecified atom stereocenters. The number of β-amino-alcohol motifs (C(OH)–C–C–N with tert-alkyl or cyclic N) is 1. The van der Waals surface area contributed by atoms with Crippen LogP contribution >= 0.6 is 0 Å². The van der Waals surface area contributed by atoms with E-state index in [-0.39, 0.29) is 12.6 Å². The van der Waals surface area contributed by atoms with E-state index < -0.39 is 15.8 Å². The first-order chi connectivity index (χ1) is 8.85. The van der Waals surface area contributed by atoms with Crippen LogP contribution in [0.15, 0.2) is 0 Å². The Hall–Kier alpha value is -0.210. The topological polar surface area (TPSA) is 72.9 Å². The van der Waals surface area contributed by atoms with E-state index in [2.05, 4.69) is 5.32 Å². The van der Waals surface area contributed by atoms with Crippen molar-refractivity contribution in [3.8, 4) is 0 Å². The molecule has 0 amide bonds. The Morgan fingerprint density at radius 3 is 2.79 bits per heavy atom. The molecule has 2 saturated heterocycles. The zero-order chi connectivity index (χ0) is 14.1. The average molecular weight is 291 g/mol. The van der Waals surface area contributed by atoms with Gasteiger partial charge in [0, 0.05) is 32.7 Å². The highest BCUT2D eigenvalue weighted by atomic mass is 32.2. The highest BCUT2D eigenvalue weighted by Gasteiger charge is 2.39. The molecule has 6 nitrogen and oxygen atoms in total. The summed E-state index contributed by atoms with van der Waals surface area (Å²) < 4.78 is 28.0. The van der Waals surface area contributed by atoms with Gasteiger partial charge in [0.05, 0.1) is 5.60 Å². The lowest BCUT2D eigenvalue weighted by Crippen LogP contribution is -2.53. The second-order valence-corrected chi connectivity index (χ2v) is 7.86. The highest BCUT2D eigenvalue weighted by molar-refractivity contribution is 7.86. The molecule has 2 heterocycles. The first-order valence-electron chi connectivity index (χ1n) is 7.01. The Labute approximate surface area is 116 Å². The first-order valence-corrected chi connectivity index (χ1v) is 8.41. The molecule has 19 heavy (non-hydrogen) atoms. The van der Waals surface area contributed by atoms with Crippen LogP contribution in [-0.2, 0) is 10.2 Å². The lowest BCUT2D eigenvalue weighted by Gasteiger charge is -2.37. The van der Waals surface area contributed by atoms with Crippen molar-refractivity contribution < 1.29 is 13.5 Å². The van der Waals surface area contributed by atoms with Crippen LogP contribution in [0.5, 0.6) is 0 Å². The molecule has 0 aromatic heterocycles. The zero-order valence-electron chi connectivity index (χ0n) is 11.8. The summed E-state index contributed by atoms with van der Waals surface area (Å²) in [5.74, 6) is 0. The molecule has 0 radical (unpaired) electrons. The fourth-order valence-electron chi connectivity index (χ4n) is 2.96. The minimum absolute atomic E-state index is 0.0533. The summed E-state index contributed by atoms with van der Waals surface area (Å²) in [6, 6.07) is 0.0533. The summed E-state index contributed by atoms with van der Waals surface area (Å²) in [4.78, 5) is 0. The molecule has 0 aromatic rings. The lowest BCUT2D eigenvalue weighted by molar-refractivity contribution is 0.0443. The van der Waals surface area contributed by atoms with Gasteiger partial charge in [-0.2, -0.15) is 17.0 Å². The summed E-state index contributed by atoms with van der Waals surface area (Å²) in [6.07, 6.45) is 3.52. The average Bonchev–Trinajstić information content (AvgIpc) is 2.76. The number of aliphatic hydroxyl groups is 1. The molecule has 2 aliphatic rings. The molecule has 7 heteroatoms. The third-order valence-corrected chi connectivity index (χ3v) is 6.22. The van der Waals surface area contributed by atoms with E-state index in [0.717, 1.165) is 25.8 Å². The number of hydrogen-bond acceptors (Lipinski definition) is 4. The van der Waals surface area contributed by atoms with Crippen molar-refractivity contribution in [2.75, 3.05) is 33.2 Å². The van der Waals surface area contributed by atoms with Crippen LogP contribution in [-0.4, -0.2) is 67.0 Å². The molecular formula is C12H25N3O3S. The third-order valence-electron chi connectivity index (χ3n) is 4.17. The van der Waals surface area contributed by atoms with Crippen molar-refractivity contribution in [1.82, 2.24) is 13.9 Å². The minimum Gasteiger partial charge on any atom is -0.387 e. The number of nitrogens with one attached hydrogen (secondary N) is 1. The largest absolute Gasteiger partial charge is 0.387 e. The van der Waals surface area contributed by atoms with Gasteiger partial charge in [0.2, 0.25) is 0 Å². The van der Waals surface area contributed by atoms with E-state index >= 15 is 0 Å². The van der Waals surface area contributed by atoms with Crippen LogP contribution < -0.4 is 5.32 Å². The van der Waals surface area contributed by atoms with E-state index in [0.29, 0.717) is 19.5 Å². The van der Waals surface area contributed by atoms with E-state index in [1.807, 2.05) is 6.92 Å². The molecule has 2 rings (SSSR count). The maximum Gasteiger partial charge on any atom is 0.282 e. The molecule has 112 valence electrons. The van der Waals surface area contributed by atoms with Crippen LogP contribution in [0.4, 0.5) is 0 Å². The monoisotopic (exact) mass is 291 g/mol. The number of rotatable bonds is 4. The molecule has 0 bridgehead atoms. The van der Waals surface area contributed by atoms with Crippen LogP contribution in [0.25, 0.3) is 0 Å². The standard InChI is InChI=1S/C12H25N3O3S/c1-11-5-3-4-8-15(11)19(17,18)14(2)10-12(16)6-7-13-9-12/h11,13,16H,3-10H2,1-2H3. The van der Waals surface area contributed by atoms with Crippen molar-refractivity contribution >= 4 is 10.2 Å². The number of piperidine rings is 1. The lowest BCUT2D eigenvalue weighted by atomic mass is 10.0. The van der Waals surface area contributed by atoms with Crippen LogP contribution in [0.2, 0.25) is 0 Å². The van der Waals surface area contributed by atoms with Crippen LogP contribution in [0.1, 0.15) is 32.6 Å². The predicted octanol–water partition coefficient (Wildman–Crippen LogP) is -0.238. The fraction of sp³-hybridized carbons (Fsp3) is 1.00. The van der Waals surface area contributed by atoms with Gasteiger partial charge in [0.15, 0.2) is 0 Å². The van der Waals surface area contributed by atoms with Gasteiger partial charge in [0.25, 0.3) is 10.2 Å². The van der Waals surface area contributed by atoms with Gasteiger partial charge in [0.1, 0.15) is 0 Å². The molecule has 0 spiro atoms. The third kappa shape index (κ3) is 3.28. The van der Waals surface area contributed by atoms with Crippen LogP contribution in [0.3, 0.4) is 0 Å². The zero-order valence-corrected chi connectivity index (χ0v) is 12.6. The SMILES string of the molecule is CC1CCCCN1S(=O)(=O)N(C)CC1(O)CCNC1. The summed E-state index contributed by atoms with van der Waals surface area (Å²) in [5.41, 5.74) is -0.930. The maximum atomic E-state index is 12.5. The second kappa shape index (κ2) is 5.65.